The third kappa shape index (κ3) is 0.565. The minimum atomic E-state index is 0.606. The molecule has 2 nitrogen and oxygen atoms in total. The Morgan fingerprint density at radius 3 is 3.12 bits per heavy atom. The number of fused-ring (bicyclic) bond motifs is 1. The summed E-state index contributed by atoms with van der Waals surface area (Å²) < 4.78 is 10.3. The molecule has 2 unspecified atom stereocenters. The molecule has 1 radical (unpaired) electrons. The van der Waals surface area contributed by atoms with Crippen LogP contribution >= 0.6 is 0 Å². The highest BCUT2D eigenvalue weighted by atomic mass is 16.5. The Morgan fingerprint density at radius 2 is 2.25 bits per heavy atom. The molecule has 8 heavy (non-hydrogen) atoms. The van der Waals surface area contributed by atoms with Crippen molar-refractivity contribution in [1.82, 2.24) is 0 Å². The normalized spacial score (nSPS) is 45.0. The van der Waals surface area contributed by atoms with Crippen LogP contribution in [-0.4, -0.2) is 19.8 Å². The number of rotatable bonds is 0. The maximum absolute atomic E-state index is 5.20. The Balaban J connectivity index is 2.04. The van der Waals surface area contributed by atoms with Gasteiger partial charge in [0.25, 0.3) is 0 Å². The third-order valence-corrected chi connectivity index (χ3v) is 1.83. The summed E-state index contributed by atoms with van der Waals surface area (Å²) in [6.07, 6.45) is 0. The fourth-order valence-corrected chi connectivity index (χ4v) is 1.24. The first-order valence-corrected chi connectivity index (χ1v) is 2.99. The van der Waals surface area contributed by atoms with Gasteiger partial charge in [-0.15, -0.1) is 0 Å². The van der Waals surface area contributed by atoms with Crippen molar-refractivity contribution in [1.29, 1.82) is 0 Å². The summed E-state index contributed by atoms with van der Waals surface area (Å²) in [4.78, 5) is 0. The predicted molar refractivity (Wildman–Crippen MR) is 28.1 cm³/mol. The van der Waals surface area contributed by atoms with Gasteiger partial charge in [0.1, 0.15) is 0 Å². The Morgan fingerprint density at radius 1 is 1.25 bits per heavy atom. The number of hydrogen-bond acceptors (Lipinski definition) is 2. The van der Waals surface area contributed by atoms with Gasteiger partial charge in [-0.1, -0.05) is 0 Å². The van der Waals surface area contributed by atoms with Crippen molar-refractivity contribution >= 4 is 0 Å². The zero-order valence-electron chi connectivity index (χ0n) is 4.67. The molecular formula is C6H9O2. The molecule has 2 fully saturated rings. The summed E-state index contributed by atoms with van der Waals surface area (Å²) in [5, 5.41) is 0. The molecule has 0 aliphatic carbocycles. The average molecular weight is 113 g/mol. The first kappa shape index (κ1) is 4.77. The van der Waals surface area contributed by atoms with Gasteiger partial charge < -0.3 is 9.47 Å². The van der Waals surface area contributed by atoms with Crippen molar-refractivity contribution in [3.8, 4) is 0 Å². The van der Waals surface area contributed by atoms with Gasteiger partial charge in [0.05, 0.1) is 26.4 Å². The molecular weight excluding hydrogens is 104 g/mol. The molecule has 2 heterocycles. The van der Waals surface area contributed by atoms with E-state index in [1.165, 1.54) is 0 Å². The quantitative estimate of drug-likeness (QED) is 0.454. The second-order valence-electron chi connectivity index (χ2n) is 2.43. The maximum Gasteiger partial charge on any atom is 0.0894 e. The molecule has 0 aromatic rings. The van der Waals surface area contributed by atoms with Gasteiger partial charge in [-0.2, -0.15) is 0 Å². The van der Waals surface area contributed by atoms with Gasteiger partial charge in [0, 0.05) is 11.8 Å². The standard InChI is InChI=1S/C6H9O2/c1-5-2-8-4-6(5)3-7-1/h1,5-6H,2-4H2. The molecule has 0 aromatic carbocycles. The Labute approximate surface area is 48.8 Å². The van der Waals surface area contributed by atoms with E-state index in [1.807, 2.05) is 6.61 Å². The second-order valence-corrected chi connectivity index (χ2v) is 2.43. The largest absolute Gasteiger partial charge is 0.381 e. The first-order valence-electron chi connectivity index (χ1n) is 2.99. The minimum absolute atomic E-state index is 0.606. The minimum Gasteiger partial charge on any atom is -0.381 e. The van der Waals surface area contributed by atoms with Gasteiger partial charge in [-0.05, 0) is 0 Å². The van der Waals surface area contributed by atoms with Crippen LogP contribution in [0.2, 0.25) is 0 Å². The molecule has 2 saturated heterocycles. The van der Waals surface area contributed by atoms with Crippen LogP contribution in [0, 0.1) is 18.4 Å². The first-order chi connectivity index (χ1) is 3.97. The van der Waals surface area contributed by atoms with Gasteiger partial charge in [0.15, 0.2) is 0 Å². The van der Waals surface area contributed by atoms with Crippen LogP contribution in [0.3, 0.4) is 0 Å². The molecule has 0 amide bonds. The van der Waals surface area contributed by atoms with E-state index >= 15 is 0 Å². The van der Waals surface area contributed by atoms with Crippen molar-refractivity contribution in [3.05, 3.63) is 6.61 Å². The zero-order valence-corrected chi connectivity index (χ0v) is 4.67. The molecule has 0 saturated carbocycles. The van der Waals surface area contributed by atoms with Crippen molar-refractivity contribution in [3.63, 3.8) is 0 Å². The van der Waals surface area contributed by atoms with E-state index in [0.29, 0.717) is 11.8 Å². The molecule has 2 heteroatoms. The van der Waals surface area contributed by atoms with Crippen molar-refractivity contribution in [2.75, 3.05) is 19.8 Å². The molecule has 2 aliphatic rings. The molecule has 45 valence electrons. The highest BCUT2D eigenvalue weighted by molar-refractivity contribution is 4.85. The zero-order chi connectivity index (χ0) is 5.40. The average Bonchev–Trinajstić information content (AvgIpc) is 2.15. The monoisotopic (exact) mass is 113 g/mol. The van der Waals surface area contributed by atoms with Crippen LogP contribution in [0.1, 0.15) is 0 Å². The van der Waals surface area contributed by atoms with Gasteiger partial charge in [-0.3, -0.25) is 0 Å². The molecule has 2 rings (SSSR count). The highest BCUT2D eigenvalue weighted by Crippen LogP contribution is 2.29. The van der Waals surface area contributed by atoms with E-state index < -0.39 is 0 Å². The Bertz CT molecular complexity index is 72.5. The summed E-state index contributed by atoms with van der Waals surface area (Å²) in [7, 11) is 0. The van der Waals surface area contributed by atoms with E-state index in [-0.39, 0.29) is 0 Å². The maximum atomic E-state index is 5.20. The van der Waals surface area contributed by atoms with Gasteiger partial charge in [0.2, 0.25) is 0 Å². The smallest absolute Gasteiger partial charge is 0.0894 e. The van der Waals surface area contributed by atoms with Crippen molar-refractivity contribution < 1.29 is 9.47 Å². The van der Waals surface area contributed by atoms with Crippen LogP contribution in [0.25, 0.3) is 0 Å². The Hall–Kier alpha value is -0.0800. The fraction of sp³-hybridized carbons (Fsp3) is 0.833. The summed E-state index contributed by atoms with van der Waals surface area (Å²) in [6, 6.07) is 0. The van der Waals surface area contributed by atoms with Crippen LogP contribution in [0.15, 0.2) is 0 Å². The Kier molecular flexibility index (Phi) is 1.02. The molecule has 0 spiro atoms. The van der Waals surface area contributed by atoms with Gasteiger partial charge >= 0.3 is 0 Å². The van der Waals surface area contributed by atoms with Crippen molar-refractivity contribution in [2.45, 2.75) is 0 Å². The lowest BCUT2D eigenvalue weighted by Crippen LogP contribution is -2.05. The molecule has 2 aliphatic heterocycles. The van der Waals surface area contributed by atoms with Crippen LogP contribution < -0.4 is 0 Å². The summed E-state index contributed by atoms with van der Waals surface area (Å²) in [6.45, 7) is 4.58. The molecule has 0 aromatic heterocycles. The number of ether oxygens (including phenoxy) is 2. The van der Waals surface area contributed by atoms with E-state index in [1.54, 1.807) is 0 Å². The molecule has 2 atom stereocenters. The van der Waals surface area contributed by atoms with Crippen LogP contribution in [-0.2, 0) is 9.47 Å². The van der Waals surface area contributed by atoms with E-state index in [2.05, 4.69) is 0 Å². The fourth-order valence-electron chi connectivity index (χ4n) is 1.24. The lowest BCUT2D eigenvalue weighted by molar-refractivity contribution is 0.134. The second kappa shape index (κ2) is 1.71. The third-order valence-electron chi connectivity index (χ3n) is 1.83. The summed E-state index contributed by atoms with van der Waals surface area (Å²) in [5.41, 5.74) is 0. The molecule has 0 bridgehead atoms. The van der Waals surface area contributed by atoms with Crippen LogP contribution in [0.5, 0.6) is 0 Å². The van der Waals surface area contributed by atoms with Crippen molar-refractivity contribution in [2.24, 2.45) is 11.8 Å². The van der Waals surface area contributed by atoms with Crippen LogP contribution in [0.4, 0.5) is 0 Å². The molecule has 0 N–H and O–H groups in total. The van der Waals surface area contributed by atoms with E-state index in [0.717, 1.165) is 19.8 Å². The lowest BCUT2D eigenvalue weighted by Gasteiger charge is -1.97. The topological polar surface area (TPSA) is 18.5 Å². The summed E-state index contributed by atoms with van der Waals surface area (Å²) in [5.74, 6) is 1.28. The SMILES string of the molecule is [CH]1OCC2COCC12. The van der Waals surface area contributed by atoms with E-state index in [4.69, 9.17) is 9.47 Å². The van der Waals surface area contributed by atoms with E-state index in [9.17, 15) is 0 Å². The van der Waals surface area contributed by atoms with Gasteiger partial charge in [-0.25, -0.2) is 0 Å². The summed E-state index contributed by atoms with van der Waals surface area (Å²) >= 11 is 0. The number of hydrogen-bond donors (Lipinski definition) is 0. The predicted octanol–water partition coefficient (Wildman–Crippen LogP) is 0.441. The highest BCUT2D eigenvalue weighted by Gasteiger charge is 2.33. The lowest BCUT2D eigenvalue weighted by atomic mass is 10.0.